The van der Waals surface area contributed by atoms with Crippen LogP contribution in [0.1, 0.15) is 83.5 Å². The Morgan fingerprint density at radius 3 is 0.325 bits per heavy atom. The fourth-order valence-corrected chi connectivity index (χ4v) is 13.1. The molecule has 0 atom stereocenters. The summed E-state index contributed by atoms with van der Waals surface area (Å²) in [5.41, 5.74) is 13.6. The molecule has 1 N–H and O–H groups in total. The monoisotopic (exact) mass is 1590 g/mol. The first-order valence-corrected chi connectivity index (χ1v) is 39.9. The maximum atomic E-state index is 10.3. The Morgan fingerprint density at radius 2 is 0.217 bits per heavy atom. The third-order valence-corrected chi connectivity index (χ3v) is 19.2. The van der Waals surface area contributed by atoms with Crippen molar-refractivity contribution in [3.63, 3.8) is 0 Å². The van der Waals surface area contributed by atoms with Crippen molar-refractivity contribution in [1.82, 2.24) is 0 Å². The van der Waals surface area contributed by atoms with Crippen LogP contribution in [0.2, 0.25) is 0 Å². The van der Waals surface area contributed by atoms with Crippen molar-refractivity contribution in [2.75, 3.05) is 0 Å². The molecule has 0 amide bonds. The zero-order valence-corrected chi connectivity index (χ0v) is 66.5. The predicted molar refractivity (Wildman–Crippen MR) is 463 cm³/mol. The summed E-state index contributed by atoms with van der Waals surface area (Å²) in [6.45, 7) is 3.49. The number of benzene rings is 15. The van der Waals surface area contributed by atoms with E-state index >= 15 is 0 Å². The lowest BCUT2D eigenvalue weighted by Gasteiger charge is -2.17. The van der Waals surface area contributed by atoms with E-state index in [0.29, 0.717) is 139 Å². The van der Waals surface area contributed by atoms with Crippen LogP contribution in [0.4, 0.5) is 0 Å². The second-order valence-corrected chi connectivity index (χ2v) is 28.8. The van der Waals surface area contributed by atoms with Crippen LogP contribution in [0.3, 0.4) is 0 Å². The summed E-state index contributed by atoms with van der Waals surface area (Å²) in [6.07, 6.45) is 0. The van der Waals surface area contributed by atoms with Gasteiger partial charge in [0.25, 0.3) is 0 Å². The van der Waals surface area contributed by atoms with Crippen LogP contribution in [0.25, 0.3) is 0 Å². The van der Waals surface area contributed by atoms with Crippen molar-refractivity contribution < 1.29 is 71.4 Å². The molecular weight excluding hydrogens is 1500 g/mol. The molecule has 0 aromatic heterocycles. The number of aliphatic hydroxyl groups is 1. The fraction of sp³-hybridized carbons (Fsp3) is 0.143. The lowest BCUT2D eigenvalue weighted by atomic mass is 10.1. The van der Waals surface area contributed by atoms with Crippen molar-refractivity contribution in [3.8, 4) is 80.5 Å². The van der Waals surface area contributed by atoms with Crippen LogP contribution in [0, 0.1) is 0 Å². The van der Waals surface area contributed by atoms with E-state index < -0.39 is 0 Å². The Kier molecular flexibility index (Phi) is 28.5. The van der Waals surface area contributed by atoms with Crippen LogP contribution in [-0.2, 0) is 99.1 Å². The first kappa shape index (κ1) is 80.6. The van der Waals surface area contributed by atoms with Crippen LogP contribution < -0.4 is 66.3 Å². The second kappa shape index (κ2) is 42.4. The standard InChI is InChI=1S/C105H92O15/c106-62-85-41-92(107-63-77-25-9-1-10-26-77)55-93(42-85)115-71-87-45-96(110-66-80-31-15-4-16-32-80)57-101(50-87)117-73-89-47-98(112-68-82-35-19-6-20-36-82)59-103(52-89)119-75-91-49-100(114-70-84-39-23-8-24-40-84)61-105(54-91)120-76-90-48-99(113-69-83-37-21-7-22-38-83)60-104(53-90)118-74-88-46-97(111-67-81-33-17-5-18-34-81)58-102(51-88)116-72-86-43-94(108-64-78-27-11-2-12-28-78)56-95(44-86)109-65-79-29-13-3-14-30-79/h1-61,106H,62-76H2. The molecule has 0 aliphatic heterocycles. The van der Waals surface area contributed by atoms with Crippen molar-refractivity contribution >= 4 is 0 Å². The van der Waals surface area contributed by atoms with Gasteiger partial charge in [-0.3, -0.25) is 0 Å². The molecular formula is C105H92O15. The van der Waals surface area contributed by atoms with Gasteiger partial charge in [0, 0.05) is 42.5 Å². The quantitative estimate of drug-likeness (QED) is 0.0386. The molecule has 0 saturated heterocycles. The molecule has 15 nitrogen and oxygen atoms in total. The highest BCUT2D eigenvalue weighted by molar-refractivity contribution is 5.47. The smallest absolute Gasteiger partial charge is 0.123 e. The predicted octanol–water partition coefficient (Wildman–Crippen LogP) is 23.3. The van der Waals surface area contributed by atoms with Crippen LogP contribution >= 0.6 is 0 Å². The minimum atomic E-state index is -0.186. The molecule has 15 heteroatoms. The largest absolute Gasteiger partial charge is 0.489 e. The Balaban J connectivity index is 0.670. The molecule has 0 aliphatic rings. The van der Waals surface area contributed by atoms with Gasteiger partial charge in [-0.05, 0) is 168 Å². The SMILES string of the molecule is OCc1cc(OCc2ccccc2)cc(OCc2cc(OCc3ccccc3)cc(OCc3cc(OCc4ccccc4)cc(OCc4cc(OCc5ccccc5)cc(OCc5cc(OCc6ccccc6)cc(OCc6cc(OCc7ccccc7)cc(OCc7cc(OCc8ccccc8)cc(OCc8ccccc8)c7)c6)c5)c4)c3)c2)c1. The fourth-order valence-electron chi connectivity index (χ4n) is 13.1. The molecule has 0 bridgehead atoms. The first-order valence-electron chi connectivity index (χ1n) is 39.9. The minimum absolute atomic E-state index is 0.127. The number of hydrogen-bond donors (Lipinski definition) is 1. The van der Waals surface area contributed by atoms with Gasteiger partial charge < -0.3 is 71.4 Å². The Hall–Kier alpha value is -14.5. The van der Waals surface area contributed by atoms with Crippen molar-refractivity contribution in [1.29, 1.82) is 0 Å². The average Bonchev–Trinajstić information content (AvgIpc) is 0.849. The average molecular weight is 1590 g/mol. The zero-order chi connectivity index (χ0) is 81.4. The third kappa shape index (κ3) is 25.7. The van der Waals surface area contributed by atoms with Gasteiger partial charge >= 0.3 is 0 Å². The molecule has 15 aromatic rings. The Bertz CT molecular complexity index is 5600. The highest BCUT2D eigenvalue weighted by atomic mass is 16.5. The van der Waals surface area contributed by atoms with Crippen LogP contribution in [0.15, 0.2) is 370 Å². The summed E-state index contributed by atoms with van der Waals surface area (Å²) < 4.78 is 91.7. The molecule has 0 aliphatic carbocycles. The van der Waals surface area contributed by atoms with Gasteiger partial charge in [0.2, 0.25) is 0 Å². The first-order chi connectivity index (χ1) is 59.2. The summed E-state index contributed by atoms with van der Waals surface area (Å²) in [7, 11) is 0. The molecule has 0 unspecified atom stereocenters. The van der Waals surface area contributed by atoms with Crippen LogP contribution in [-0.4, -0.2) is 5.11 Å². The molecule has 0 heterocycles. The van der Waals surface area contributed by atoms with Gasteiger partial charge in [0.05, 0.1) is 6.61 Å². The highest BCUT2D eigenvalue weighted by Gasteiger charge is 2.17. The number of ether oxygens (including phenoxy) is 14. The topological polar surface area (TPSA) is 149 Å². The number of hydrogen-bond acceptors (Lipinski definition) is 15. The number of rotatable bonds is 43. The molecule has 0 spiro atoms. The highest BCUT2D eigenvalue weighted by Crippen LogP contribution is 2.36. The molecule has 0 saturated carbocycles. The van der Waals surface area contributed by atoms with Gasteiger partial charge in [0.1, 0.15) is 173 Å². The molecule has 15 rings (SSSR count). The molecule has 0 fully saturated rings. The van der Waals surface area contributed by atoms with Crippen molar-refractivity contribution in [2.24, 2.45) is 0 Å². The lowest BCUT2D eigenvalue weighted by molar-refractivity contribution is 0.268. The molecule has 120 heavy (non-hydrogen) atoms. The normalized spacial score (nSPS) is 10.9. The van der Waals surface area contributed by atoms with Gasteiger partial charge in [-0.25, -0.2) is 0 Å². The second-order valence-electron chi connectivity index (χ2n) is 28.8. The molecule has 15 aromatic carbocycles. The maximum absolute atomic E-state index is 10.3. The van der Waals surface area contributed by atoms with Gasteiger partial charge in [-0.15, -0.1) is 0 Å². The third-order valence-electron chi connectivity index (χ3n) is 19.2. The van der Waals surface area contributed by atoms with E-state index in [2.05, 4.69) is 0 Å². The lowest BCUT2D eigenvalue weighted by Crippen LogP contribution is -2.04. The van der Waals surface area contributed by atoms with E-state index in [9.17, 15) is 5.11 Å². The Morgan fingerprint density at radius 1 is 0.117 bits per heavy atom. The van der Waals surface area contributed by atoms with Gasteiger partial charge in [0.15, 0.2) is 0 Å². The molecule has 602 valence electrons. The summed E-state index contributed by atoms with van der Waals surface area (Å²) in [4.78, 5) is 0. The van der Waals surface area contributed by atoms with Crippen LogP contribution in [0.5, 0.6) is 80.5 Å². The van der Waals surface area contributed by atoms with E-state index in [1.165, 1.54) is 0 Å². The molecule has 0 radical (unpaired) electrons. The zero-order valence-electron chi connectivity index (χ0n) is 66.5. The summed E-state index contributed by atoms with van der Waals surface area (Å²) in [5, 5.41) is 10.3. The summed E-state index contributed by atoms with van der Waals surface area (Å²) >= 11 is 0. The van der Waals surface area contributed by atoms with Gasteiger partial charge in [-0.2, -0.15) is 0 Å². The summed E-state index contributed by atoms with van der Waals surface area (Å²) in [5.74, 6) is 8.17. The number of aliphatic hydroxyl groups excluding tert-OH is 1. The van der Waals surface area contributed by atoms with E-state index in [1.807, 2.05) is 364 Å². The van der Waals surface area contributed by atoms with Gasteiger partial charge in [-0.1, -0.05) is 243 Å². The maximum Gasteiger partial charge on any atom is 0.123 e. The Labute approximate surface area is 700 Å². The summed E-state index contributed by atoms with van der Waals surface area (Å²) in [6, 6.07) is 121. The van der Waals surface area contributed by atoms with E-state index in [4.69, 9.17) is 66.3 Å². The minimum Gasteiger partial charge on any atom is -0.489 e. The van der Waals surface area contributed by atoms with Crippen molar-refractivity contribution in [3.05, 3.63) is 454 Å². The van der Waals surface area contributed by atoms with E-state index in [1.54, 1.807) is 6.07 Å². The van der Waals surface area contributed by atoms with Crippen molar-refractivity contribution in [2.45, 2.75) is 99.1 Å². The van der Waals surface area contributed by atoms with E-state index in [-0.39, 0.29) is 46.2 Å². The van der Waals surface area contributed by atoms with E-state index in [0.717, 1.165) is 77.9 Å².